The number of amides is 1. The number of rotatable bonds is 2. The fourth-order valence-corrected chi connectivity index (χ4v) is 4.32. The lowest BCUT2D eigenvalue weighted by atomic mass is 10.0. The quantitative estimate of drug-likeness (QED) is 0.731. The van der Waals surface area contributed by atoms with Crippen molar-refractivity contribution in [2.24, 2.45) is 0 Å². The van der Waals surface area contributed by atoms with E-state index in [0.717, 1.165) is 0 Å². The van der Waals surface area contributed by atoms with E-state index >= 15 is 0 Å². The normalized spacial score (nSPS) is 30.2. The molecular formula is C18H20F4N6O. The summed E-state index contributed by atoms with van der Waals surface area (Å²) in [7, 11) is 0. The molecule has 0 saturated carbocycles. The van der Waals surface area contributed by atoms with Gasteiger partial charge in [-0.3, -0.25) is 9.69 Å². The summed E-state index contributed by atoms with van der Waals surface area (Å²) in [5.41, 5.74) is 1.06. The van der Waals surface area contributed by atoms with Gasteiger partial charge in [0.25, 0.3) is 0 Å². The molecular weight excluding hydrogens is 392 g/mol. The van der Waals surface area contributed by atoms with Crippen molar-refractivity contribution in [2.75, 3.05) is 19.6 Å². The molecule has 0 spiro atoms. The maximum atomic E-state index is 13.6. The smallest absolute Gasteiger partial charge is 0.322 e. The number of hydrogen-bond donors (Lipinski definition) is 1. The zero-order valence-electron chi connectivity index (χ0n) is 15.5. The van der Waals surface area contributed by atoms with Crippen LogP contribution in [0.1, 0.15) is 29.9 Å². The van der Waals surface area contributed by atoms with Crippen molar-refractivity contribution >= 4 is 5.91 Å². The molecule has 4 heterocycles. The number of carbonyl (C=O) groups is 1. The zero-order valence-corrected chi connectivity index (χ0v) is 15.5. The van der Waals surface area contributed by atoms with Crippen LogP contribution in [-0.2, 0) is 23.9 Å². The number of nitrogens with one attached hydrogen (secondary N) is 1. The van der Waals surface area contributed by atoms with Crippen LogP contribution in [0, 0.1) is 11.3 Å². The summed E-state index contributed by atoms with van der Waals surface area (Å²) in [4.78, 5) is 23.2. The van der Waals surface area contributed by atoms with Crippen LogP contribution in [0.2, 0.25) is 0 Å². The van der Waals surface area contributed by atoms with Gasteiger partial charge in [0.15, 0.2) is 0 Å². The molecule has 1 aromatic rings. The van der Waals surface area contributed by atoms with Gasteiger partial charge in [0.1, 0.15) is 12.2 Å². The Hall–Kier alpha value is -2.32. The Bertz CT molecular complexity index is 841. The molecule has 2 fully saturated rings. The third-order valence-electron chi connectivity index (χ3n) is 5.82. The second-order valence-electron chi connectivity index (χ2n) is 7.70. The minimum absolute atomic E-state index is 0.0173. The molecule has 3 aliphatic heterocycles. The first-order valence-electron chi connectivity index (χ1n) is 9.50. The Morgan fingerprint density at radius 2 is 2.14 bits per heavy atom. The predicted molar refractivity (Wildman–Crippen MR) is 92.0 cm³/mol. The Morgan fingerprint density at radius 3 is 2.86 bits per heavy atom. The van der Waals surface area contributed by atoms with E-state index < -0.39 is 30.3 Å². The number of carbonyl (C=O) groups excluding carboxylic acids is 1. The number of halogens is 4. The van der Waals surface area contributed by atoms with Gasteiger partial charge < -0.3 is 10.2 Å². The topological polar surface area (TPSA) is 85.2 Å². The number of nitriles is 1. The highest BCUT2D eigenvalue weighted by atomic mass is 19.4. The van der Waals surface area contributed by atoms with Gasteiger partial charge in [0.2, 0.25) is 11.7 Å². The number of aromatic nitrogens is 2. The number of nitrogens with zero attached hydrogens (tertiary/aromatic N) is 5. The molecule has 1 aromatic heterocycles. The maximum Gasteiger partial charge on any atom is 0.451 e. The molecule has 1 N–H and O–H groups in total. The lowest BCUT2D eigenvalue weighted by molar-refractivity contribution is -0.145. The van der Waals surface area contributed by atoms with Crippen molar-refractivity contribution in [1.29, 1.82) is 5.26 Å². The van der Waals surface area contributed by atoms with Gasteiger partial charge >= 0.3 is 6.18 Å². The van der Waals surface area contributed by atoms with E-state index in [-0.39, 0.29) is 24.9 Å². The molecule has 0 aliphatic carbocycles. The molecule has 1 amide bonds. The van der Waals surface area contributed by atoms with Crippen LogP contribution in [-0.4, -0.2) is 69.6 Å². The van der Waals surface area contributed by atoms with Gasteiger partial charge in [-0.2, -0.15) is 18.4 Å². The van der Waals surface area contributed by atoms with Crippen molar-refractivity contribution < 1.29 is 22.4 Å². The number of hydrogen-bond acceptors (Lipinski definition) is 6. The molecule has 4 rings (SSSR count). The summed E-state index contributed by atoms with van der Waals surface area (Å²) in [6.45, 7) is 1.43. The lowest BCUT2D eigenvalue weighted by Gasteiger charge is -2.32. The van der Waals surface area contributed by atoms with E-state index in [2.05, 4.69) is 20.2 Å². The minimum Gasteiger partial charge on any atom is -0.322 e. The van der Waals surface area contributed by atoms with Gasteiger partial charge in [-0.05, 0) is 6.42 Å². The highest BCUT2D eigenvalue weighted by molar-refractivity contribution is 5.83. The van der Waals surface area contributed by atoms with Crippen LogP contribution >= 0.6 is 0 Å². The highest BCUT2D eigenvalue weighted by Gasteiger charge is 2.42. The third-order valence-corrected chi connectivity index (χ3v) is 5.82. The standard InChI is InChI=1S/C18H20F4N6O/c19-11-3-12(5-23)28(9-11)16(29)15-4-13(7-24-15)27-2-1-14-10(8-27)6-25-17(26-14)18(20,21)22/h6,11-13,15,24H,1-4,7-9H2/t11-,12-,13-,15-/m0/s1. The Labute approximate surface area is 164 Å². The lowest BCUT2D eigenvalue weighted by Crippen LogP contribution is -2.45. The molecule has 3 aliphatic rings. The summed E-state index contributed by atoms with van der Waals surface area (Å²) in [5.74, 6) is -1.39. The van der Waals surface area contributed by atoms with Crippen LogP contribution in [0.4, 0.5) is 17.6 Å². The van der Waals surface area contributed by atoms with Crippen LogP contribution in [0.25, 0.3) is 0 Å². The van der Waals surface area contributed by atoms with Crippen molar-refractivity contribution in [2.45, 2.75) is 56.3 Å². The average molecular weight is 412 g/mol. The molecule has 7 nitrogen and oxygen atoms in total. The Morgan fingerprint density at radius 1 is 1.34 bits per heavy atom. The molecule has 0 aromatic carbocycles. The molecule has 0 radical (unpaired) electrons. The van der Waals surface area contributed by atoms with Gasteiger partial charge in [-0.25, -0.2) is 14.4 Å². The van der Waals surface area contributed by atoms with Gasteiger partial charge in [0.05, 0.1) is 24.3 Å². The number of fused-ring (bicyclic) bond motifs is 1. The predicted octanol–water partition coefficient (Wildman–Crippen LogP) is 1.05. The van der Waals surface area contributed by atoms with E-state index in [1.807, 2.05) is 6.07 Å². The first-order chi connectivity index (χ1) is 13.8. The second kappa shape index (κ2) is 7.50. The molecule has 11 heteroatoms. The van der Waals surface area contributed by atoms with Gasteiger partial charge in [-0.1, -0.05) is 0 Å². The highest BCUT2D eigenvalue weighted by Crippen LogP contribution is 2.29. The first kappa shape index (κ1) is 20.0. The summed E-state index contributed by atoms with van der Waals surface area (Å²) in [6, 6.07) is 0.770. The fourth-order valence-electron chi connectivity index (χ4n) is 4.32. The van der Waals surface area contributed by atoms with Gasteiger partial charge in [0, 0.05) is 50.3 Å². The van der Waals surface area contributed by atoms with E-state index in [4.69, 9.17) is 5.26 Å². The van der Waals surface area contributed by atoms with Crippen molar-refractivity contribution in [3.63, 3.8) is 0 Å². The first-order valence-corrected chi connectivity index (χ1v) is 9.50. The van der Waals surface area contributed by atoms with E-state index in [0.29, 0.717) is 43.7 Å². The zero-order chi connectivity index (χ0) is 20.8. The number of alkyl halides is 4. The Kier molecular flexibility index (Phi) is 5.16. The number of likely N-dealkylation sites (tertiary alicyclic amines) is 1. The van der Waals surface area contributed by atoms with E-state index in [1.165, 1.54) is 11.1 Å². The van der Waals surface area contributed by atoms with Crippen LogP contribution in [0.5, 0.6) is 0 Å². The fraction of sp³-hybridized carbons (Fsp3) is 0.667. The van der Waals surface area contributed by atoms with Crippen molar-refractivity contribution in [1.82, 2.24) is 25.1 Å². The van der Waals surface area contributed by atoms with Crippen LogP contribution < -0.4 is 5.32 Å². The second-order valence-corrected chi connectivity index (χ2v) is 7.70. The molecule has 4 atom stereocenters. The van der Waals surface area contributed by atoms with Gasteiger partial charge in [-0.15, -0.1) is 0 Å². The average Bonchev–Trinajstić information content (AvgIpc) is 3.32. The van der Waals surface area contributed by atoms with Crippen molar-refractivity contribution in [3.05, 3.63) is 23.3 Å². The minimum atomic E-state index is -4.56. The van der Waals surface area contributed by atoms with Crippen molar-refractivity contribution in [3.8, 4) is 6.07 Å². The molecule has 0 unspecified atom stereocenters. The maximum absolute atomic E-state index is 13.6. The summed E-state index contributed by atoms with van der Waals surface area (Å²) in [6.07, 6.45) is -3.60. The summed E-state index contributed by atoms with van der Waals surface area (Å²) < 4.78 is 52.0. The third kappa shape index (κ3) is 3.91. The summed E-state index contributed by atoms with van der Waals surface area (Å²) in [5, 5.41) is 12.3. The summed E-state index contributed by atoms with van der Waals surface area (Å²) >= 11 is 0. The van der Waals surface area contributed by atoms with E-state index in [9.17, 15) is 22.4 Å². The molecule has 0 bridgehead atoms. The monoisotopic (exact) mass is 412 g/mol. The molecule has 29 heavy (non-hydrogen) atoms. The van der Waals surface area contributed by atoms with Crippen LogP contribution in [0.15, 0.2) is 6.20 Å². The molecule has 156 valence electrons. The van der Waals surface area contributed by atoms with E-state index in [1.54, 1.807) is 0 Å². The largest absolute Gasteiger partial charge is 0.451 e. The SMILES string of the molecule is N#C[C@@H]1C[C@H](F)CN1C(=O)[C@@H]1C[C@H](N2CCc3nc(C(F)(F)F)ncc3C2)CN1. The Balaban J connectivity index is 1.39. The molecule has 2 saturated heterocycles. The van der Waals surface area contributed by atoms with Crippen LogP contribution in [0.3, 0.4) is 0 Å².